The van der Waals surface area contributed by atoms with Gasteiger partial charge in [0, 0.05) is 37.6 Å². The standard InChI is InChI=1S/C18H21NO6/c20-14-7-13(8-15(9-14)23-10-12-1-2-12)16(21)19-5-3-18(4-6-19)11-24-17(22)25-18/h7-9,12,20H,1-6,10-11H2. The van der Waals surface area contributed by atoms with E-state index >= 15 is 0 Å². The smallest absolute Gasteiger partial charge is 0.508 e. The van der Waals surface area contributed by atoms with Crippen LogP contribution in [0.3, 0.4) is 0 Å². The molecule has 1 aliphatic carbocycles. The van der Waals surface area contributed by atoms with Gasteiger partial charge in [0.1, 0.15) is 18.1 Å². The van der Waals surface area contributed by atoms with Gasteiger partial charge in [-0.3, -0.25) is 4.79 Å². The Morgan fingerprint density at radius 3 is 2.68 bits per heavy atom. The van der Waals surface area contributed by atoms with Gasteiger partial charge in [0.25, 0.3) is 5.91 Å². The number of rotatable bonds is 4. The second kappa shape index (κ2) is 6.13. The molecule has 7 heteroatoms. The fourth-order valence-corrected chi connectivity index (χ4v) is 3.26. The van der Waals surface area contributed by atoms with Crippen molar-refractivity contribution in [2.24, 2.45) is 5.92 Å². The molecular weight excluding hydrogens is 326 g/mol. The minimum absolute atomic E-state index is 0.0169. The zero-order valence-corrected chi connectivity index (χ0v) is 13.9. The summed E-state index contributed by atoms with van der Waals surface area (Å²) in [5, 5.41) is 9.89. The Kier molecular flexibility index (Phi) is 3.94. The molecule has 1 spiro atoms. The van der Waals surface area contributed by atoms with E-state index in [2.05, 4.69) is 0 Å². The number of piperidine rings is 1. The number of benzene rings is 1. The van der Waals surface area contributed by atoms with Crippen molar-refractivity contribution >= 4 is 12.1 Å². The molecule has 1 saturated carbocycles. The van der Waals surface area contributed by atoms with Crippen molar-refractivity contribution in [3.8, 4) is 11.5 Å². The summed E-state index contributed by atoms with van der Waals surface area (Å²) in [7, 11) is 0. The number of phenolic OH excluding ortho intramolecular Hbond substituents is 1. The highest BCUT2D eigenvalue weighted by molar-refractivity contribution is 5.95. The Morgan fingerprint density at radius 2 is 2.04 bits per heavy atom. The summed E-state index contributed by atoms with van der Waals surface area (Å²) < 4.78 is 15.8. The molecule has 2 aliphatic heterocycles. The first-order valence-electron chi connectivity index (χ1n) is 8.65. The van der Waals surface area contributed by atoms with Crippen molar-refractivity contribution in [2.45, 2.75) is 31.3 Å². The molecule has 1 aromatic carbocycles. The Balaban J connectivity index is 1.41. The number of likely N-dealkylation sites (tertiary alicyclic amines) is 1. The van der Waals surface area contributed by atoms with Gasteiger partial charge < -0.3 is 24.2 Å². The van der Waals surface area contributed by atoms with Gasteiger partial charge in [-0.15, -0.1) is 0 Å². The number of nitrogens with zero attached hydrogens (tertiary/aromatic N) is 1. The molecule has 134 valence electrons. The Bertz CT molecular complexity index is 691. The minimum Gasteiger partial charge on any atom is -0.508 e. The van der Waals surface area contributed by atoms with Gasteiger partial charge in [0.2, 0.25) is 0 Å². The van der Waals surface area contributed by atoms with Crippen LogP contribution in [-0.2, 0) is 9.47 Å². The maximum atomic E-state index is 12.7. The van der Waals surface area contributed by atoms with E-state index in [1.807, 2.05) is 0 Å². The van der Waals surface area contributed by atoms with Gasteiger partial charge in [0.15, 0.2) is 5.60 Å². The van der Waals surface area contributed by atoms with Gasteiger partial charge >= 0.3 is 6.16 Å². The van der Waals surface area contributed by atoms with Crippen LogP contribution < -0.4 is 4.74 Å². The third-order valence-corrected chi connectivity index (χ3v) is 5.04. The zero-order valence-electron chi connectivity index (χ0n) is 13.9. The van der Waals surface area contributed by atoms with Crippen molar-refractivity contribution in [3.63, 3.8) is 0 Å². The number of amides is 1. The highest BCUT2D eigenvalue weighted by Gasteiger charge is 2.45. The van der Waals surface area contributed by atoms with E-state index < -0.39 is 11.8 Å². The molecule has 3 aliphatic rings. The van der Waals surface area contributed by atoms with E-state index in [1.54, 1.807) is 11.0 Å². The van der Waals surface area contributed by atoms with E-state index in [0.29, 0.717) is 49.8 Å². The SMILES string of the molecule is O=C1OCC2(CCN(C(=O)c3cc(O)cc(OCC4CC4)c3)CC2)O1. The summed E-state index contributed by atoms with van der Waals surface area (Å²) >= 11 is 0. The molecular formula is C18H21NO6. The van der Waals surface area contributed by atoms with Crippen molar-refractivity contribution in [3.05, 3.63) is 23.8 Å². The minimum atomic E-state index is -0.634. The summed E-state index contributed by atoms with van der Waals surface area (Å²) in [4.78, 5) is 25.6. The molecule has 1 aromatic rings. The molecule has 7 nitrogen and oxygen atoms in total. The molecule has 2 saturated heterocycles. The van der Waals surface area contributed by atoms with Gasteiger partial charge in [-0.05, 0) is 30.9 Å². The predicted molar refractivity (Wildman–Crippen MR) is 86.6 cm³/mol. The number of hydrogen-bond acceptors (Lipinski definition) is 6. The molecule has 4 rings (SSSR count). The number of ether oxygens (including phenoxy) is 3. The first kappa shape index (κ1) is 16.1. The summed E-state index contributed by atoms with van der Waals surface area (Å²) in [6.07, 6.45) is 2.82. The fraction of sp³-hybridized carbons (Fsp3) is 0.556. The third-order valence-electron chi connectivity index (χ3n) is 5.04. The number of carbonyl (C=O) groups excluding carboxylic acids is 2. The second-order valence-corrected chi connectivity index (χ2v) is 7.09. The molecule has 0 radical (unpaired) electrons. The molecule has 1 amide bonds. The Labute approximate surface area is 145 Å². The Hall–Kier alpha value is -2.44. The summed E-state index contributed by atoms with van der Waals surface area (Å²) in [6, 6.07) is 4.66. The first-order chi connectivity index (χ1) is 12.0. The predicted octanol–water partition coefficient (Wildman–Crippen LogP) is 2.32. The number of hydrogen-bond donors (Lipinski definition) is 1. The molecule has 1 N–H and O–H groups in total. The normalized spacial score (nSPS) is 21.8. The lowest BCUT2D eigenvalue weighted by Crippen LogP contribution is -2.48. The maximum absolute atomic E-state index is 12.7. The van der Waals surface area contributed by atoms with Crippen LogP contribution in [0.5, 0.6) is 11.5 Å². The fourth-order valence-electron chi connectivity index (χ4n) is 3.26. The van der Waals surface area contributed by atoms with Crippen LogP contribution in [0.25, 0.3) is 0 Å². The number of carbonyl (C=O) groups is 2. The van der Waals surface area contributed by atoms with Crippen molar-refractivity contribution < 1.29 is 28.9 Å². The largest absolute Gasteiger partial charge is 0.509 e. The lowest BCUT2D eigenvalue weighted by atomic mass is 9.92. The molecule has 3 fully saturated rings. The lowest BCUT2D eigenvalue weighted by molar-refractivity contribution is 0.00278. The molecule has 2 heterocycles. The van der Waals surface area contributed by atoms with Crippen molar-refractivity contribution in [1.29, 1.82) is 0 Å². The van der Waals surface area contributed by atoms with Gasteiger partial charge in [-0.25, -0.2) is 4.79 Å². The van der Waals surface area contributed by atoms with E-state index in [9.17, 15) is 14.7 Å². The highest BCUT2D eigenvalue weighted by Crippen LogP contribution is 2.33. The monoisotopic (exact) mass is 347 g/mol. The molecule has 0 unspecified atom stereocenters. The van der Waals surface area contributed by atoms with Gasteiger partial charge in [0.05, 0.1) is 6.61 Å². The third kappa shape index (κ3) is 3.50. The topological polar surface area (TPSA) is 85.3 Å². The van der Waals surface area contributed by atoms with Crippen LogP contribution in [0.15, 0.2) is 18.2 Å². The molecule has 25 heavy (non-hydrogen) atoms. The number of cyclic esters (lactones) is 1. The van der Waals surface area contributed by atoms with E-state index in [4.69, 9.17) is 14.2 Å². The maximum Gasteiger partial charge on any atom is 0.509 e. The van der Waals surface area contributed by atoms with E-state index in [0.717, 1.165) is 0 Å². The van der Waals surface area contributed by atoms with Crippen LogP contribution >= 0.6 is 0 Å². The van der Waals surface area contributed by atoms with E-state index in [1.165, 1.54) is 25.0 Å². The first-order valence-corrected chi connectivity index (χ1v) is 8.65. The molecule has 0 bridgehead atoms. The van der Waals surface area contributed by atoms with Crippen LogP contribution in [0.2, 0.25) is 0 Å². The summed E-state index contributed by atoms with van der Waals surface area (Å²) in [5.41, 5.74) is -0.188. The average Bonchev–Trinajstić information content (AvgIpc) is 3.36. The molecule has 0 aromatic heterocycles. The zero-order chi connectivity index (χ0) is 17.4. The summed E-state index contributed by atoms with van der Waals surface area (Å²) in [6.45, 7) is 1.82. The van der Waals surface area contributed by atoms with Crippen molar-refractivity contribution in [2.75, 3.05) is 26.3 Å². The van der Waals surface area contributed by atoms with Gasteiger partial charge in [-0.1, -0.05) is 0 Å². The lowest BCUT2D eigenvalue weighted by Gasteiger charge is -2.36. The van der Waals surface area contributed by atoms with Crippen LogP contribution in [0.4, 0.5) is 4.79 Å². The van der Waals surface area contributed by atoms with Crippen LogP contribution in [0.1, 0.15) is 36.0 Å². The number of phenols is 1. The van der Waals surface area contributed by atoms with Crippen LogP contribution in [-0.4, -0.2) is 54.0 Å². The van der Waals surface area contributed by atoms with E-state index in [-0.39, 0.29) is 18.3 Å². The van der Waals surface area contributed by atoms with Gasteiger partial charge in [-0.2, -0.15) is 0 Å². The van der Waals surface area contributed by atoms with Crippen molar-refractivity contribution in [1.82, 2.24) is 4.90 Å². The average molecular weight is 347 g/mol. The second-order valence-electron chi connectivity index (χ2n) is 7.09. The Morgan fingerprint density at radius 1 is 1.28 bits per heavy atom. The number of aromatic hydroxyl groups is 1. The summed E-state index contributed by atoms with van der Waals surface area (Å²) in [5.74, 6) is 0.966. The molecule has 0 atom stereocenters. The van der Waals surface area contributed by atoms with Crippen LogP contribution in [0, 0.1) is 5.92 Å². The highest BCUT2D eigenvalue weighted by atomic mass is 16.8. The quantitative estimate of drug-likeness (QED) is 0.842.